The molecule has 0 aliphatic rings. The molecule has 0 aliphatic heterocycles. The number of anilines is 1. The molecule has 2 rings (SSSR count). The lowest BCUT2D eigenvalue weighted by molar-refractivity contribution is -0.140. The molecule has 2 aromatic rings. The molecule has 2 aromatic carbocycles. The van der Waals surface area contributed by atoms with E-state index in [1.165, 1.54) is 10.6 Å². The van der Waals surface area contributed by atoms with Crippen LogP contribution < -0.4 is 9.62 Å². The van der Waals surface area contributed by atoms with Gasteiger partial charge in [-0.25, -0.2) is 8.42 Å². The summed E-state index contributed by atoms with van der Waals surface area (Å²) in [7, 11) is -3.51. The Kier molecular flexibility index (Phi) is 10.3. The molecule has 35 heavy (non-hydrogen) atoms. The molecule has 0 aliphatic carbocycles. The van der Waals surface area contributed by atoms with Crippen LogP contribution in [0.1, 0.15) is 56.7 Å². The number of nitrogens with one attached hydrogen (secondary N) is 1. The van der Waals surface area contributed by atoms with Crippen molar-refractivity contribution >= 4 is 27.5 Å². The molecule has 2 amide bonds. The Morgan fingerprint density at radius 3 is 2.20 bits per heavy atom. The van der Waals surface area contributed by atoms with Crippen molar-refractivity contribution in [1.82, 2.24) is 10.2 Å². The van der Waals surface area contributed by atoms with Gasteiger partial charge in [0.05, 0.1) is 11.9 Å². The lowest BCUT2D eigenvalue weighted by Crippen LogP contribution is -2.49. The Morgan fingerprint density at radius 2 is 1.63 bits per heavy atom. The minimum absolute atomic E-state index is 0.0125. The number of nitrogens with zero attached hydrogens (tertiary/aromatic N) is 2. The van der Waals surface area contributed by atoms with Gasteiger partial charge in [-0.2, -0.15) is 0 Å². The summed E-state index contributed by atoms with van der Waals surface area (Å²) in [5, 5.41) is 2.96. The molecule has 0 unspecified atom stereocenters. The summed E-state index contributed by atoms with van der Waals surface area (Å²) >= 11 is 0. The average Bonchev–Trinajstić information content (AvgIpc) is 2.78. The summed E-state index contributed by atoms with van der Waals surface area (Å²) in [6.07, 6.45) is 2.43. The summed E-state index contributed by atoms with van der Waals surface area (Å²) in [6.45, 7) is 10.0. The number of carbonyl (C=O) groups excluding carboxylic acids is 2. The van der Waals surface area contributed by atoms with E-state index in [1.54, 1.807) is 17.9 Å². The average molecular weight is 502 g/mol. The van der Waals surface area contributed by atoms with E-state index >= 15 is 0 Å². The number of sulfonamides is 1. The lowest BCUT2D eigenvalue weighted by atomic mass is 10.1. The van der Waals surface area contributed by atoms with Gasteiger partial charge in [-0.3, -0.25) is 13.9 Å². The summed E-state index contributed by atoms with van der Waals surface area (Å²) in [5.41, 5.74) is 3.56. The highest BCUT2D eigenvalue weighted by Gasteiger charge is 2.27. The van der Waals surface area contributed by atoms with Crippen LogP contribution in [-0.2, 0) is 26.2 Å². The van der Waals surface area contributed by atoms with Gasteiger partial charge < -0.3 is 10.2 Å². The van der Waals surface area contributed by atoms with E-state index in [9.17, 15) is 18.0 Å². The summed E-state index contributed by atoms with van der Waals surface area (Å²) in [6, 6.07) is 14.5. The van der Waals surface area contributed by atoms with Crippen molar-refractivity contribution in [3.8, 4) is 0 Å². The highest BCUT2D eigenvalue weighted by atomic mass is 32.2. The highest BCUT2D eigenvalue weighted by Crippen LogP contribution is 2.20. The predicted molar refractivity (Wildman–Crippen MR) is 142 cm³/mol. The molecule has 0 bridgehead atoms. The molecule has 0 aromatic heterocycles. The Hall–Kier alpha value is -2.87. The third-order valence-corrected chi connectivity index (χ3v) is 7.24. The van der Waals surface area contributed by atoms with E-state index in [0.717, 1.165) is 23.1 Å². The number of hydrogen-bond donors (Lipinski definition) is 1. The molecule has 0 heterocycles. The predicted octanol–water partition coefficient (Wildman–Crippen LogP) is 4.18. The first-order valence-corrected chi connectivity index (χ1v) is 14.0. The minimum Gasteiger partial charge on any atom is -0.352 e. The summed E-state index contributed by atoms with van der Waals surface area (Å²) in [5.74, 6) is -0.381. The molecule has 0 radical (unpaired) electrons. The zero-order valence-electron chi connectivity index (χ0n) is 21.7. The van der Waals surface area contributed by atoms with Gasteiger partial charge in [0.2, 0.25) is 21.8 Å². The fourth-order valence-corrected chi connectivity index (χ4v) is 4.80. The van der Waals surface area contributed by atoms with Crippen molar-refractivity contribution in [2.75, 3.05) is 17.1 Å². The van der Waals surface area contributed by atoms with Crippen molar-refractivity contribution in [1.29, 1.82) is 0 Å². The third kappa shape index (κ3) is 8.69. The minimum atomic E-state index is -3.51. The van der Waals surface area contributed by atoms with E-state index < -0.39 is 16.1 Å². The Morgan fingerprint density at radius 1 is 1.00 bits per heavy atom. The lowest BCUT2D eigenvalue weighted by Gasteiger charge is -2.30. The molecular formula is C27H39N3O4S. The van der Waals surface area contributed by atoms with Gasteiger partial charge in [-0.15, -0.1) is 0 Å². The molecule has 8 heteroatoms. The molecular weight excluding hydrogens is 462 g/mol. The summed E-state index contributed by atoms with van der Waals surface area (Å²) in [4.78, 5) is 27.8. The first kappa shape index (κ1) is 28.4. The maximum atomic E-state index is 13.3. The molecule has 2 atom stereocenters. The van der Waals surface area contributed by atoms with E-state index in [1.807, 2.05) is 70.2 Å². The van der Waals surface area contributed by atoms with Crippen molar-refractivity contribution < 1.29 is 18.0 Å². The maximum absolute atomic E-state index is 13.3. The van der Waals surface area contributed by atoms with Crippen LogP contribution in [0, 0.1) is 13.8 Å². The van der Waals surface area contributed by atoms with Gasteiger partial charge >= 0.3 is 0 Å². The van der Waals surface area contributed by atoms with Crippen LogP contribution in [0.3, 0.4) is 0 Å². The zero-order chi connectivity index (χ0) is 26.2. The number of rotatable bonds is 12. The van der Waals surface area contributed by atoms with E-state index in [0.29, 0.717) is 18.7 Å². The molecule has 0 fully saturated rings. The number of amides is 2. The Bertz CT molecular complexity index is 1120. The van der Waals surface area contributed by atoms with Crippen molar-refractivity contribution in [2.45, 2.75) is 72.5 Å². The van der Waals surface area contributed by atoms with Gasteiger partial charge in [-0.1, -0.05) is 48.9 Å². The standard InChI is InChI=1S/C27H39N3O4S/c1-7-22(4)28-27(32)23(5)29(19-24-13-8-11-20(2)17-24)26(31)15-10-16-30(35(6,33)34)25-14-9-12-21(3)18-25/h8-9,11-14,17-18,22-23H,7,10,15-16,19H2,1-6H3,(H,28,32)/t22-,23+/m1/s1. The van der Waals surface area contributed by atoms with Crippen LogP contribution in [0.15, 0.2) is 48.5 Å². The van der Waals surface area contributed by atoms with Crippen LogP contribution in [0.5, 0.6) is 0 Å². The Labute approximate surface area is 210 Å². The highest BCUT2D eigenvalue weighted by molar-refractivity contribution is 7.92. The van der Waals surface area contributed by atoms with E-state index in [4.69, 9.17) is 0 Å². The van der Waals surface area contributed by atoms with E-state index in [-0.39, 0.29) is 30.8 Å². The van der Waals surface area contributed by atoms with Crippen LogP contribution in [0.4, 0.5) is 5.69 Å². The quantitative estimate of drug-likeness (QED) is 0.473. The molecule has 0 spiro atoms. The Balaban J connectivity index is 2.17. The SMILES string of the molecule is CC[C@@H](C)NC(=O)[C@H](C)N(Cc1cccc(C)c1)C(=O)CCCN(c1cccc(C)c1)S(C)(=O)=O. The molecule has 0 saturated heterocycles. The van der Waals surface area contributed by atoms with Gasteiger partial charge in [0.15, 0.2) is 0 Å². The maximum Gasteiger partial charge on any atom is 0.242 e. The van der Waals surface area contributed by atoms with E-state index in [2.05, 4.69) is 5.32 Å². The van der Waals surface area contributed by atoms with Crippen LogP contribution in [-0.4, -0.2) is 50.0 Å². The second kappa shape index (κ2) is 12.7. The first-order valence-electron chi connectivity index (χ1n) is 12.1. The number of aryl methyl sites for hydroxylation is 2. The molecule has 1 N–H and O–H groups in total. The van der Waals surface area contributed by atoms with Gasteiger partial charge in [0.1, 0.15) is 6.04 Å². The monoisotopic (exact) mass is 501 g/mol. The first-order chi connectivity index (χ1) is 16.4. The van der Waals surface area contributed by atoms with Crippen molar-refractivity contribution in [3.05, 3.63) is 65.2 Å². The number of hydrogen-bond acceptors (Lipinski definition) is 4. The van der Waals surface area contributed by atoms with Gasteiger partial charge in [-0.05, 0) is 63.8 Å². The molecule has 7 nitrogen and oxygen atoms in total. The number of carbonyl (C=O) groups is 2. The third-order valence-electron chi connectivity index (χ3n) is 6.05. The van der Waals surface area contributed by atoms with Crippen LogP contribution in [0.25, 0.3) is 0 Å². The largest absolute Gasteiger partial charge is 0.352 e. The molecule has 192 valence electrons. The smallest absolute Gasteiger partial charge is 0.242 e. The second-order valence-electron chi connectivity index (χ2n) is 9.28. The molecule has 0 saturated carbocycles. The zero-order valence-corrected chi connectivity index (χ0v) is 22.6. The second-order valence-corrected chi connectivity index (χ2v) is 11.2. The van der Waals surface area contributed by atoms with Gasteiger partial charge in [0, 0.05) is 25.6 Å². The van der Waals surface area contributed by atoms with Crippen molar-refractivity contribution in [3.63, 3.8) is 0 Å². The van der Waals surface area contributed by atoms with Crippen molar-refractivity contribution in [2.24, 2.45) is 0 Å². The fourth-order valence-electron chi connectivity index (χ4n) is 3.84. The van der Waals surface area contributed by atoms with Crippen LogP contribution in [0.2, 0.25) is 0 Å². The van der Waals surface area contributed by atoms with Crippen LogP contribution >= 0.6 is 0 Å². The fraction of sp³-hybridized carbons (Fsp3) is 0.481. The number of benzene rings is 2. The van der Waals surface area contributed by atoms with Gasteiger partial charge in [0.25, 0.3) is 0 Å². The summed E-state index contributed by atoms with van der Waals surface area (Å²) < 4.78 is 26.2. The topological polar surface area (TPSA) is 86.8 Å². The normalized spacial score (nSPS) is 13.1.